The molecule has 0 saturated carbocycles. The highest BCUT2D eigenvalue weighted by Gasteiger charge is 2.24. The number of ether oxygens (including phenoxy) is 2. The first-order valence-corrected chi connectivity index (χ1v) is 10.1. The fourth-order valence-electron chi connectivity index (χ4n) is 3.94. The van der Waals surface area contributed by atoms with Crippen molar-refractivity contribution in [2.45, 2.75) is 57.6 Å². The molecule has 1 atom stereocenters. The van der Waals surface area contributed by atoms with Crippen molar-refractivity contribution in [2.24, 2.45) is 4.99 Å². The molecule has 2 rings (SSSR count). The minimum absolute atomic E-state index is 0. The molecule has 2 aliphatic rings. The summed E-state index contributed by atoms with van der Waals surface area (Å²) in [6, 6.07) is 0.650. The van der Waals surface area contributed by atoms with Crippen LogP contribution in [0, 0.1) is 0 Å². The van der Waals surface area contributed by atoms with Crippen molar-refractivity contribution in [3.05, 3.63) is 0 Å². The molecule has 154 valence electrons. The molecule has 2 aliphatic heterocycles. The number of rotatable bonds is 8. The molecule has 0 aromatic carbocycles. The molecule has 26 heavy (non-hydrogen) atoms. The van der Waals surface area contributed by atoms with Crippen molar-refractivity contribution in [3.8, 4) is 0 Å². The molecule has 0 amide bonds. The van der Waals surface area contributed by atoms with Crippen LogP contribution in [0.15, 0.2) is 4.99 Å². The number of likely N-dealkylation sites (N-methyl/N-ethyl adjacent to an activating group) is 1. The summed E-state index contributed by atoms with van der Waals surface area (Å²) in [5.41, 5.74) is 0. The van der Waals surface area contributed by atoms with Gasteiger partial charge >= 0.3 is 0 Å². The Labute approximate surface area is 177 Å². The lowest BCUT2D eigenvalue weighted by Crippen LogP contribution is -2.52. The normalized spacial score (nSPS) is 23.0. The van der Waals surface area contributed by atoms with Gasteiger partial charge in [0.15, 0.2) is 5.96 Å². The smallest absolute Gasteiger partial charge is 0.193 e. The molecule has 1 unspecified atom stereocenters. The Balaban J connectivity index is 0.00000338. The molecule has 2 fully saturated rings. The van der Waals surface area contributed by atoms with Crippen LogP contribution in [-0.2, 0) is 9.47 Å². The maximum Gasteiger partial charge on any atom is 0.193 e. The molecule has 0 aliphatic carbocycles. The van der Waals surface area contributed by atoms with Gasteiger partial charge in [0.2, 0.25) is 0 Å². The summed E-state index contributed by atoms with van der Waals surface area (Å²) in [4.78, 5) is 9.50. The second-order valence-electron chi connectivity index (χ2n) is 7.11. The van der Waals surface area contributed by atoms with Crippen molar-refractivity contribution < 1.29 is 9.47 Å². The lowest BCUT2D eigenvalue weighted by atomic mass is 10.0. The number of guanidine groups is 1. The van der Waals surface area contributed by atoms with Crippen molar-refractivity contribution in [1.29, 1.82) is 0 Å². The first-order valence-electron chi connectivity index (χ1n) is 10.1. The van der Waals surface area contributed by atoms with Crippen molar-refractivity contribution in [2.75, 3.05) is 60.1 Å². The van der Waals surface area contributed by atoms with Gasteiger partial charge < -0.3 is 19.7 Å². The predicted octanol–water partition coefficient (Wildman–Crippen LogP) is 2.57. The molecule has 0 bridgehead atoms. The van der Waals surface area contributed by atoms with Crippen molar-refractivity contribution >= 4 is 29.9 Å². The van der Waals surface area contributed by atoms with Crippen LogP contribution < -0.4 is 5.32 Å². The van der Waals surface area contributed by atoms with Crippen LogP contribution in [0.4, 0.5) is 0 Å². The number of nitrogens with one attached hydrogen (secondary N) is 1. The highest BCUT2D eigenvalue weighted by molar-refractivity contribution is 14.0. The molecule has 0 aromatic rings. The van der Waals surface area contributed by atoms with Crippen molar-refractivity contribution in [1.82, 2.24) is 15.1 Å². The topological polar surface area (TPSA) is 49.3 Å². The Bertz CT molecular complexity index is 390. The van der Waals surface area contributed by atoms with E-state index in [9.17, 15) is 0 Å². The molecule has 0 aromatic heterocycles. The number of methoxy groups -OCH3 is 1. The van der Waals surface area contributed by atoms with Gasteiger partial charge in [0, 0.05) is 53.0 Å². The zero-order chi connectivity index (χ0) is 17.9. The first-order chi connectivity index (χ1) is 12.3. The van der Waals surface area contributed by atoms with Gasteiger partial charge in [0.25, 0.3) is 0 Å². The van der Waals surface area contributed by atoms with Gasteiger partial charge in [-0.05, 0) is 45.2 Å². The van der Waals surface area contributed by atoms with Gasteiger partial charge in [-0.2, -0.15) is 0 Å². The highest BCUT2D eigenvalue weighted by atomic mass is 127. The van der Waals surface area contributed by atoms with Gasteiger partial charge in [-0.3, -0.25) is 9.89 Å². The number of hydrogen-bond acceptors (Lipinski definition) is 4. The Morgan fingerprint density at radius 3 is 2.54 bits per heavy atom. The van der Waals surface area contributed by atoms with Gasteiger partial charge in [0.1, 0.15) is 0 Å². The van der Waals surface area contributed by atoms with Gasteiger partial charge in [-0.1, -0.05) is 13.3 Å². The largest absolute Gasteiger partial charge is 0.385 e. The van der Waals surface area contributed by atoms with E-state index in [1.807, 2.05) is 7.05 Å². The molecule has 0 spiro atoms. The number of likely N-dealkylation sites (tertiary alicyclic amines) is 2. The minimum atomic E-state index is 0. The number of piperidine rings is 2. The van der Waals surface area contributed by atoms with Crippen LogP contribution in [0.2, 0.25) is 0 Å². The number of nitrogens with zero attached hydrogens (tertiary/aromatic N) is 3. The quantitative estimate of drug-likeness (QED) is 0.250. The average Bonchev–Trinajstić information content (AvgIpc) is 2.67. The van der Waals surface area contributed by atoms with Gasteiger partial charge in [-0.15, -0.1) is 24.0 Å². The van der Waals surface area contributed by atoms with Crippen LogP contribution >= 0.6 is 24.0 Å². The second kappa shape index (κ2) is 14.0. The predicted molar refractivity (Wildman–Crippen MR) is 119 cm³/mol. The lowest BCUT2D eigenvalue weighted by molar-refractivity contribution is 0.00983. The molecule has 7 heteroatoms. The lowest BCUT2D eigenvalue weighted by Gasteiger charge is -2.37. The summed E-state index contributed by atoms with van der Waals surface area (Å²) in [5.74, 6) is 1.06. The third-order valence-electron chi connectivity index (χ3n) is 5.45. The number of aliphatic imine (C=N–C) groups is 1. The molecular weight excluding hydrogens is 443 g/mol. The zero-order valence-corrected chi connectivity index (χ0v) is 19.2. The fraction of sp³-hybridized carbons (Fsp3) is 0.947. The van der Waals surface area contributed by atoms with E-state index in [-0.39, 0.29) is 24.0 Å². The summed E-state index contributed by atoms with van der Waals surface area (Å²) >= 11 is 0. The van der Waals surface area contributed by atoms with E-state index in [1.54, 1.807) is 7.11 Å². The minimum Gasteiger partial charge on any atom is -0.385 e. The van der Waals surface area contributed by atoms with E-state index in [4.69, 9.17) is 9.47 Å². The van der Waals surface area contributed by atoms with Gasteiger partial charge in [0.05, 0.1) is 6.10 Å². The summed E-state index contributed by atoms with van der Waals surface area (Å²) in [6.45, 7) is 9.31. The molecule has 6 nitrogen and oxygen atoms in total. The number of hydrogen-bond donors (Lipinski definition) is 1. The molecule has 2 saturated heterocycles. The zero-order valence-electron chi connectivity index (χ0n) is 16.9. The van der Waals surface area contributed by atoms with Crippen LogP contribution in [0.25, 0.3) is 0 Å². The maximum atomic E-state index is 5.96. The van der Waals surface area contributed by atoms with Crippen LogP contribution in [0.3, 0.4) is 0 Å². The van der Waals surface area contributed by atoms with Crippen LogP contribution in [0.5, 0.6) is 0 Å². The van der Waals surface area contributed by atoms with Crippen LogP contribution in [0.1, 0.15) is 45.4 Å². The van der Waals surface area contributed by atoms with E-state index < -0.39 is 0 Å². The third-order valence-corrected chi connectivity index (χ3v) is 5.45. The van der Waals surface area contributed by atoms with Crippen LogP contribution in [-0.4, -0.2) is 88.0 Å². The average molecular weight is 482 g/mol. The van der Waals surface area contributed by atoms with E-state index in [1.165, 1.54) is 25.8 Å². The van der Waals surface area contributed by atoms with E-state index in [0.29, 0.717) is 12.1 Å². The summed E-state index contributed by atoms with van der Waals surface area (Å²) in [7, 11) is 3.64. The Kier molecular flexibility index (Phi) is 12.8. The SMILES string of the molecule is CCN1CCCCC1CNC(=NC)N1CCC(OCCCOC)CC1.I. The molecule has 2 heterocycles. The fourth-order valence-corrected chi connectivity index (χ4v) is 3.94. The van der Waals surface area contributed by atoms with E-state index in [0.717, 1.165) is 64.6 Å². The van der Waals surface area contributed by atoms with E-state index >= 15 is 0 Å². The third kappa shape index (κ3) is 7.86. The monoisotopic (exact) mass is 482 g/mol. The highest BCUT2D eigenvalue weighted by Crippen LogP contribution is 2.17. The molecule has 1 N–H and O–H groups in total. The Morgan fingerprint density at radius 1 is 1.12 bits per heavy atom. The second-order valence-corrected chi connectivity index (χ2v) is 7.11. The summed E-state index contributed by atoms with van der Waals surface area (Å²) in [5, 5.41) is 3.62. The molecular formula is C19H39IN4O2. The standard InChI is InChI=1S/C19H38N4O2.HI/c1-4-22-11-6-5-8-17(22)16-21-19(20-2)23-12-9-18(10-13-23)25-15-7-14-24-3;/h17-18H,4-16H2,1-3H3,(H,20,21);1H. The van der Waals surface area contributed by atoms with E-state index in [2.05, 4.69) is 27.0 Å². The molecule has 0 radical (unpaired) electrons. The summed E-state index contributed by atoms with van der Waals surface area (Å²) < 4.78 is 11.0. The first kappa shape index (κ1) is 23.9. The Morgan fingerprint density at radius 2 is 1.88 bits per heavy atom. The summed E-state index contributed by atoms with van der Waals surface area (Å²) in [6.07, 6.45) is 7.53. The van der Waals surface area contributed by atoms with Crippen molar-refractivity contribution in [3.63, 3.8) is 0 Å². The van der Waals surface area contributed by atoms with Gasteiger partial charge in [-0.25, -0.2) is 0 Å². The Hall–Kier alpha value is -0.120. The maximum absolute atomic E-state index is 5.96. The number of halogens is 1.